The van der Waals surface area contributed by atoms with Crippen LogP contribution in [0.3, 0.4) is 0 Å². The lowest BCUT2D eigenvalue weighted by Gasteiger charge is -2.08. The Labute approximate surface area is 160 Å². The number of aromatic nitrogens is 2. The topological polar surface area (TPSA) is 76.1 Å². The molecule has 1 aromatic heterocycles. The van der Waals surface area contributed by atoms with Crippen molar-refractivity contribution in [2.75, 3.05) is 17.7 Å². The van der Waals surface area contributed by atoms with Gasteiger partial charge in [0.2, 0.25) is 0 Å². The van der Waals surface area contributed by atoms with E-state index in [9.17, 15) is 4.79 Å². The summed E-state index contributed by atoms with van der Waals surface area (Å²) in [6, 6.07) is 15.2. The number of benzene rings is 2. The van der Waals surface area contributed by atoms with Crippen LogP contribution in [0.25, 0.3) is 0 Å². The Bertz CT molecular complexity index is 915. The summed E-state index contributed by atoms with van der Waals surface area (Å²) in [7, 11) is 1.57. The standard InChI is InChI=1S/C18H14Cl2N4O2/c1-26-13-5-2-11(3-6-13)18(25)22-17-9-8-16(23-24-17)21-12-4-7-14(19)15(20)10-12/h2-10H,1H3,(H,21,23)(H,22,24,25). The number of nitrogens with zero attached hydrogens (tertiary/aromatic N) is 2. The highest BCUT2D eigenvalue weighted by atomic mass is 35.5. The number of carbonyl (C=O) groups excluding carboxylic acids is 1. The SMILES string of the molecule is COc1ccc(C(=O)Nc2ccc(Nc3ccc(Cl)c(Cl)c3)nn2)cc1. The molecule has 0 unspecified atom stereocenters. The summed E-state index contributed by atoms with van der Waals surface area (Å²) in [6.45, 7) is 0. The van der Waals surface area contributed by atoms with Gasteiger partial charge in [-0.1, -0.05) is 23.2 Å². The molecule has 0 radical (unpaired) electrons. The highest BCUT2D eigenvalue weighted by Crippen LogP contribution is 2.26. The van der Waals surface area contributed by atoms with Crippen LogP contribution in [0.4, 0.5) is 17.3 Å². The molecule has 0 spiro atoms. The summed E-state index contributed by atoms with van der Waals surface area (Å²) < 4.78 is 5.07. The van der Waals surface area contributed by atoms with Gasteiger partial charge in [-0.2, -0.15) is 0 Å². The summed E-state index contributed by atoms with van der Waals surface area (Å²) in [5.41, 5.74) is 1.22. The summed E-state index contributed by atoms with van der Waals surface area (Å²) in [5, 5.41) is 14.7. The molecule has 3 aromatic rings. The van der Waals surface area contributed by atoms with Crippen LogP contribution in [0.15, 0.2) is 54.6 Å². The number of hydrogen-bond donors (Lipinski definition) is 2. The van der Waals surface area contributed by atoms with Gasteiger partial charge in [0.15, 0.2) is 11.6 Å². The molecule has 8 heteroatoms. The predicted octanol–water partition coefficient (Wildman–Crippen LogP) is 4.79. The van der Waals surface area contributed by atoms with Gasteiger partial charge < -0.3 is 15.4 Å². The van der Waals surface area contributed by atoms with Crippen molar-refractivity contribution >= 4 is 46.4 Å². The van der Waals surface area contributed by atoms with E-state index in [2.05, 4.69) is 20.8 Å². The summed E-state index contributed by atoms with van der Waals surface area (Å²) >= 11 is 11.9. The maximum absolute atomic E-state index is 12.2. The zero-order valence-corrected chi connectivity index (χ0v) is 15.2. The fraction of sp³-hybridized carbons (Fsp3) is 0.0556. The number of halogens is 2. The van der Waals surface area contributed by atoms with Crippen molar-refractivity contribution in [3.63, 3.8) is 0 Å². The van der Waals surface area contributed by atoms with E-state index in [1.165, 1.54) is 0 Å². The fourth-order valence-corrected chi connectivity index (χ4v) is 2.42. The first-order valence-electron chi connectivity index (χ1n) is 7.56. The number of anilines is 3. The first-order valence-corrected chi connectivity index (χ1v) is 8.32. The third kappa shape index (κ3) is 4.41. The molecule has 3 rings (SSSR count). The molecule has 6 nitrogen and oxygen atoms in total. The van der Waals surface area contributed by atoms with E-state index in [-0.39, 0.29) is 5.91 Å². The fourth-order valence-electron chi connectivity index (χ4n) is 2.12. The molecule has 0 atom stereocenters. The molecule has 132 valence electrons. The van der Waals surface area contributed by atoms with Crippen molar-refractivity contribution in [1.82, 2.24) is 10.2 Å². The second-order valence-electron chi connectivity index (χ2n) is 5.24. The van der Waals surface area contributed by atoms with Crippen molar-refractivity contribution in [1.29, 1.82) is 0 Å². The molecular weight excluding hydrogens is 375 g/mol. The van der Waals surface area contributed by atoms with E-state index < -0.39 is 0 Å². The molecule has 0 aliphatic carbocycles. The first-order chi connectivity index (χ1) is 12.5. The number of ether oxygens (including phenoxy) is 1. The third-order valence-corrected chi connectivity index (χ3v) is 4.19. The number of amides is 1. The van der Waals surface area contributed by atoms with E-state index in [0.29, 0.717) is 33.0 Å². The predicted molar refractivity (Wildman–Crippen MR) is 103 cm³/mol. The highest BCUT2D eigenvalue weighted by Gasteiger charge is 2.08. The van der Waals surface area contributed by atoms with Crippen molar-refractivity contribution in [2.45, 2.75) is 0 Å². The Balaban J connectivity index is 1.65. The van der Waals surface area contributed by atoms with Crippen molar-refractivity contribution in [3.8, 4) is 5.75 Å². The zero-order valence-electron chi connectivity index (χ0n) is 13.7. The largest absolute Gasteiger partial charge is 0.497 e. The van der Waals surface area contributed by atoms with Crippen LogP contribution >= 0.6 is 23.2 Å². The van der Waals surface area contributed by atoms with Gasteiger partial charge >= 0.3 is 0 Å². The van der Waals surface area contributed by atoms with Crippen LogP contribution in [-0.4, -0.2) is 23.2 Å². The van der Waals surface area contributed by atoms with E-state index in [4.69, 9.17) is 27.9 Å². The normalized spacial score (nSPS) is 10.3. The Kier molecular flexibility index (Phi) is 5.55. The number of nitrogens with one attached hydrogen (secondary N) is 2. The lowest BCUT2D eigenvalue weighted by Crippen LogP contribution is -2.13. The van der Waals surface area contributed by atoms with Gasteiger partial charge in [-0.3, -0.25) is 4.79 Å². The molecule has 2 N–H and O–H groups in total. The van der Waals surface area contributed by atoms with Crippen LogP contribution in [0.5, 0.6) is 5.75 Å². The second-order valence-corrected chi connectivity index (χ2v) is 6.05. The maximum atomic E-state index is 12.2. The van der Waals surface area contributed by atoms with Crippen LogP contribution < -0.4 is 15.4 Å². The number of rotatable bonds is 5. The third-order valence-electron chi connectivity index (χ3n) is 3.45. The first kappa shape index (κ1) is 18.0. The van der Waals surface area contributed by atoms with Crippen LogP contribution in [0.1, 0.15) is 10.4 Å². The van der Waals surface area contributed by atoms with E-state index in [1.54, 1.807) is 61.7 Å². The zero-order chi connectivity index (χ0) is 18.5. The molecule has 0 saturated heterocycles. The second kappa shape index (κ2) is 8.03. The van der Waals surface area contributed by atoms with Crippen LogP contribution in [0.2, 0.25) is 10.0 Å². The minimum Gasteiger partial charge on any atom is -0.497 e. The lowest BCUT2D eigenvalue weighted by atomic mass is 10.2. The Hall–Kier alpha value is -2.83. The average molecular weight is 389 g/mol. The van der Waals surface area contributed by atoms with Gasteiger partial charge in [-0.15, -0.1) is 10.2 Å². The minimum atomic E-state index is -0.285. The molecule has 1 heterocycles. The monoisotopic (exact) mass is 388 g/mol. The summed E-state index contributed by atoms with van der Waals surface area (Å²) in [5.74, 6) is 1.24. The number of methoxy groups -OCH3 is 1. The maximum Gasteiger partial charge on any atom is 0.256 e. The van der Waals surface area contributed by atoms with Gasteiger partial charge in [-0.25, -0.2) is 0 Å². The number of carbonyl (C=O) groups is 1. The Morgan fingerprint density at radius 1 is 0.923 bits per heavy atom. The summed E-state index contributed by atoms with van der Waals surface area (Å²) in [6.07, 6.45) is 0. The number of hydrogen-bond acceptors (Lipinski definition) is 5. The molecule has 0 saturated carbocycles. The van der Waals surface area contributed by atoms with E-state index in [1.807, 2.05) is 0 Å². The Morgan fingerprint density at radius 2 is 1.62 bits per heavy atom. The van der Waals surface area contributed by atoms with Gasteiger partial charge in [0, 0.05) is 11.3 Å². The van der Waals surface area contributed by atoms with Crippen LogP contribution in [0, 0.1) is 0 Å². The molecule has 0 aliphatic rings. The molecule has 1 amide bonds. The van der Waals surface area contributed by atoms with E-state index in [0.717, 1.165) is 5.69 Å². The summed E-state index contributed by atoms with van der Waals surface area (Å²) in [4.78, 5) is 12.2. The minimum absolute atomic E-state index is 0.285. The highest BCUT2D eigenvalue weighted by molar-refractivity contribution is 6.42. The molecule has 2 aromatic carbocycles. The van der Waals surface area contributed by atoms with Gasteiger partial charge in [-0.05, 0) is 54.6 Å². The molecule has 26 heavy (non-hydrogen) atoms. The van der Waals surface area contributed by atoms with Gasteiger partial charge in [0.1, 0.15) is 5.75 Å². The van der Waals surface area contributed by atoms with Crippen molar-refractivity contribution < 1.29 is 9.53 Å². The van der Waals surface area contributed by atoms with Gasteiger partial charge in [0.05, 0.1) is 17.2 Å². The molecule has 0 aliphatic heterocycles. The van der Waals surface area contributed by atoms with Crippen LogP contribution in [-0.2, 0) is 0 Å². The quantitative estimate of drug-likeness (QED) is 0.656. The molecule has 0 fully saturated rings. The molecule has 0 bridgehead atoms. The molecular formula is C18H14Cl2N4O2. The smallest absolute Gasteiger partial charge is 0.256 e. The van der Waals surface area contributed by atoms with E-state index >= 15 is 0 Å². The van der Waals surface area contributed by atoms with Crippen molar-refractivity contribution in [2.24, 2.45) is 0 Å². The Morgan fingerprint density at radius 3 is 2.23 bits per heavy atom. The van der Waals surface area contributed by atoms with Gasteiger partial charge in [0.25, 0.3) is 5.91 Å². The average Bonchev–Trinajstić information content (AvgIpc) is 2.66. The lowest BCUT2D eigenvalue weighted by molar-refractivity contribution is 0.102. The van der Waals surface area contributed by atoms with Crippen molar-refractivity contribution in [3.05, 3.63) is 70.2 Å².